The highest BCUT2D eigenvalue weighted by molar-refractivity contribution is 7.92. The molecule has 8 nitrogen and oxygen atoms in total. The Morgan fingerprint density at radius 1 is 1.09 bits per heavy atom. The molecule has 0 aliphatic rings. The van der Waals surface area contributed by atoms with E-state index in [2.05, 4.69) is 5.32 Å². The number of benzene rings is 2. The fraction of sp³-hybridized carbons (Fsp3) is 0.440. The molecule has 2 amide bonds. The molecule has 0 spiro atoms. The SMILES string of the molecule is CCOc1ccccc1N(CCCC(=O)N(Cc1ccc(C)cc1)[C@@H](C)C(=O)NC)S(C)(=O)=O. The van der Waals surface area contributed by atoms with E-state index in [1.165, 1.54) is 16.3 Å². The summed E-state index contributed by atoms with van der Waals surface area (Å²) >= 11 is 0. The van der Waals surface area contributed by atoms with Crippen LogP contribution in [-0.2, 0) is 26.2 Å². The van der Waals surface area contributed by atoms with Crippen LogP contribution in [0.25, 0.3) is 0 Å². The molecule has 0 fully saturated rings. The predicted molar refractivity (Wildman–Crippen MR) is 134 cm³/mol. The van der Waals surface area contributed by atoms with E-state index in [1.54, 1.807) is 31.2 Å². The van der Waals surface area contributed by atoms with Crippen molar-refractivity contribution in [1.29, 1.82) is 0 Å². The number of nitrogens with one attached hydrogen (secondary N) is 1. The minimum Gasteiger partial charge on any atom is -0.492 e. The number of carbonyl (C=O) groups is 2. The van der Waals surface area contributed by atoms with Crippen LogP contribution in [0.5, 0.6) is 5.75 Å². The minimum atomic E-state index is -3.60. The van der Waals surface area contributed by atoms with E-state index in [4.69, 9.17) is 4.74 Å². The zero-order valence-electron chi connectivity index (χ0n) is 20.6. The van der Waals surface area contributed by atoms with Crippen molar-refractivity contribution in [3.63, 3.8) is 0 Å². The van der Waals surface area contributed by atoms with Gasteiger partial charge in [0.15, 0.2) is 0 Å². The maximum atomic E-state index is 13.2. The fourth-order valence-corrected chi connectivity index (χ4v) is 4.57. The maximum absolute atomic E-state index is 13.2. The van der Waals surface area contributed by atoms with Crippen molar-refractivity contribution < 1.29 is 22.7 Å². The van der Waals surface area contributed by atoms with Crippen molar-refractivity contribution in [1.82, 2.24) is 10.2 Å². The monoisotopic (exact) mass is 489 g/mol. The molecule has 0 aromatic heterocycles. The summed E-state index contributed by atoms with van der Waals surface area (Å²) in [5.41, 5.74) is 2.46. The Morgan fingerprint density at radius 3 is 2.32 bits per heavy atom. The first-order valence-corrected chi connectivity index (χ1v) is 13.2. The van der Waals surface area contributed by atoms with Gasteiger partial charge in [-0.15, -0.1) is 0 Å². The number of amides is 2. The van der Waals surface area contributed by atoms with Gasteiger partial charge >= 0.3 is 0 Å². The van der Waals surface area contributed by atoms with Crippen molar-refractivity contribution in [2.75, 3.05) is 30.8 Å². The van der Waals surface area contributed by atoms with Gasteiger partial charge in [-0.1, -0.05) is 42.0 Å². The van der Waals surface area contributed by atoms with Crippen molar-refractivity contribution in [2.45, 2.75) is 46.2 Å². The number of anilines is 1. The Bertz CT molecular complexity index is 1070. The van der Waals surface area contributed by atoms with Crippen LogP contribution in [0.3, 0.4) is 0 Å². The molecule has 0 aliphatic carbocycles. The molecule has 9 heteroatoms. The number of aryl methyl sites for hydroxylation is 1. The van der Waals surface area contributed by atoms with Gasteiger partial charge in [-0.25, -0.2) is 8.42 Å². The first-order valence-electron chi connectivity index (χ1n) is 11.3. The molecule has 2 aromatic rings. The van der Waals surface area contributed by atoms with Crippen LogP contribution >= 0.6 is 0 Å². The summed E-state index contributed by atoms with van der Waals surface area (Å²) in [4.78, 5) is 27.0. The van der Waals surface area contributed by atoms with E-state index in [1.807, 2.05) is 38.1 Å². The third-order valence-corrected chi connectivity index (χ3v) is 6.65. The quantitative estimate of drug-likeness (QED) is 0.494. The van der Waals surface area contributed by atoms with Crippen molar-refractivity contribution >= 4 is 27.5 Å². The van der Waals surface area contributed by atoms with Crippen molar-refractivity contribution in [3.05, 3.63) is 59.7 Å². The number of hydrogen-bond acceptors (Lipinski definition) is 5. The van der Waals surface area contributed by atoms with E-state index in [9.17, 15) is 18.0 Å². The summed E-state index contributed by atoms with van der Waals surface area (Å²) < 4.78 is 31.9. The standard InChI is InChI=1S/C25H35N3O5S/c1-6-33-23-11-8-7-10-22(23)28(34(5,31)32)17-9-12-24(29)27(20(3)25(30)26-4)18-21-15-13-19(2)14-16-21/h7-8,10-11,13-16,20H,6,9,12,17-18H2,1-5H3,(H,26,30)/t20-/m0/s1. The average molecular weight is 490 g/mol. The van der Waals surface area contributed by atoms with E-state index < -0.39 is 16.1 Å². The molecule has 0 aliphatic heterocycles. The number of rotatable bonds is 12. The zero-order valence-corrected chi connectivity index (χ0v) is 21.4. The second kappa shape index (κ2) is 12.4. The Kier molecular flexibility index (Phi) is 9.92. The van der Waals surface area contributed by atoms with E-state index in [0.717, 1.165) is 17.4 Å². The van der Waals surface area contributed by atoms with Crippen LogP contribution in [0, 0.1) is 6.92 Å². The smallest absolute Gasteiger partial charge is 0.242 e. The third-order valence-electron chi connectivity index (χ3n) is 5.47. The second-order valence-electron chi connectivity index (χ2n) is 8.14. The van der Waals surface area contributed by atoms with E-state index >= 15 is 0 Å². The lowest BCUT2D eigenvalue weighted by Gasteiger charge is -2.29. The number of hydrogen-bond donors (Lipinski definition) is 1. The van der Waals surface area contributed by atoms with Crippen LogP contribution in [-0.4, -0.2) is 57.6 Å². The van der Waals surface area contributed by atoms with E-state index in [0.29, 0.717) is 18.0 Å². The van der Waals surface area contributed by atoms with Gasteiger partial charge in [0.25, 0.3) is 0 Å². The molecule has 0 saturated carbocycles. The highest BCUT2D eigenvalue weighted by Gasteiger charge is 2.26. The summed E-state index contributed by atoms with van der Waals surface area (Å²) in [6.45, 7) is 6.30. The Balaban J connectivity index is 2.17. The predicted octanol–water partition coefficient (Wildman–Crippen LogP) is 3.10. The zero-order chi connectivity index (χ0) is 25.3. The normalized spacial score (nSPS) is 12.0. The second-order valence-corrected chi connectivity index (χ2v) is 10.0. The molecule has 1 atom stereocenters. The molecule has 2 aromatic carbocycles. The van der Waals surface area contributed by atoms with Gasteiger partial charge in [0.05, 0.1) is 18.6 Å². The number of para-hydroxylation sites is 2. The molecular weight excluding hydrogens is 454 g/mol. The van der Waals surface area contributed by atoms with Gasteiger partial charge in [0.1, 0.15) is 11.8 Å². The van der Waals surface area contributed by atoms with Crippen LogP contribution in [0.4, 0.5) is 5.69 Å². The van der Waals surface area contributed by atoms with Crippen LogP contribution in [0.2, 0.25) is 0 Å². The minimum absolute atomic E-state index is 0.0933. The molecule has 1 N–H and O–H groups in total. The van der Waals surface area contributed by atoms with Gasteiger partial charge in [0, 0.05) is 26.6 Å². The highest BCUT2D eigenvalue weighted by Crippen LogP contribution is 2.30. The molecule has 0 bridgehead atoms. The Morgan fingerprint density at radius 2 is 1.74 bits per heavy atom. The van der Waals surface area contributed by atoms with Gasteiger partial charge in [-0.3, -0.25) is 13.9 Å². The van der Waals surface area contributed by atoms with E-state index in [-0.39, 0.29) is 37.7 Å². The average Bonchev–Trinajstić information content (AvgIpc) is 2.80. The highest BCUT2D eigenvalue weighted by atomic mass is 32.2. The van der Waals surface area contributed by atoms with Gasteiger partial charge < -0.3 is 15.0 Å². The Hall–Kier alpha value is -3.07. The molecular formula is C25H35N3O5S. The van der Waals surface area contributed by atoms with Gasteiger partial charge in [-0.05, 0) is 44.9 Å². The summed E-state index contributed by atoms with van der Waals surface area (Å²) in [6, 6.07) is 14.1. The van der Waals surface area contributed by atoms with Gasteiger partial charge in [0.2, 0.25) is 21.8 Å². The molecule has 0 saturated heterocycles. The molecule has 0 radical (unpaired) electrons. The molecule has 2 rings (SSSR count). The summed E-state index contributed by atoms with van der Waals surface area (Å²) in [5.74, 6) is -0.0110. The van der Waals surface area contributed by atoms with Crippen LogP contribution < -0.4 is 14.4 Å². The number of nitrogens with zero attached hydrogens (tertiary/aromatic N) is 2. The molecule has 34 heavy (non-hydrogen) atoms. The van der Waals surface area contributed by atoms with Crippen molar-refractivity contribution in [3.8, 4) is 5.75 Å². The first kappa shape index (κ1) is 27.2. The fourth-order valence-electron chi connectivity index (χ4n) is 3.60. The van der Waals surface area contributed by atoms with Crippen LogP contribution in [0.15, 0.2) is 48.5 Å². The number of sulfonamides is 1. The maximum Gasteiger partial charge on any atom is 0.242 e. The molecule has 0 unspecified atom stereocenters. The summed E-state index contributed by atoms with van der Waals surface area (Å²) in [7, 11) is -2.06. The number of likely N-dealkylation sites (N-methyl/N-ethyl adjacent to an activating group) is 1. The topological polar surface area (TPSA) is 96.0 Å². The largest absolute Gasteiger partial charge is 0.492 e. The first-order chi connectivity index (χ1) is 16.1. The lowest BCUT2D eigenvalue weighted by Crippen LogP contribution is -2.46. The molecule has 186 valence electrons. The third kappa shape index (κ3) is 7.48. The Labute approximate surface area is 202 Å². The molecule has 0 heterocycles. The number of ether oxygens (including phenoxy) is 1. The van der Waals surface area contributed by atoms with Crippen molar-refractivity contribution in [2.24, 2.45) is 0 Å². The van der Waals surface area contributed by atoms with Gasteiger partial charge in [-0.2, -0.15) is 0 Å². The number of carbonyl (C=O) groups excluding carboxylic acids is 2. The summed E-state index contributed by atoms with van der Waals surface area (Å²) in [6.07, 6.45) is 1.52. The lowest BCUT2D eigenvalue weighted by atomic mass is 10.1. The lowest BCUT2D eigenvalue weighted by molar-refractivity contribution is -0.140. The summed E-state index contributed by atoms with van der Waals surface area (Å²) in [5, 5.41) is 2.59. The van der Waals surface area contributed by atoms with Crippen LogP contribution in [0.1, 0.15) is 37.8 Å².